The molecular formula is C6H13B2ClN2O2. The van der Waals surface area contributed by atoms with Crippen LogP contribution in [0, 0.1) is 0 Å². The molecule has 0 bridgehead atoms. The van der Waals surface area contributed by atoms with Crippen LogP contribution >= 0.6 is 11.6 Å². The van der Waals surface area contributed by atoms with Crippen LogP contribution < -0.4 is 11.1 Å². The van der Waals surface area contributed by atoms with Crippen molar-refractivity contribution in [3.63, 3.8) is 0 Å². The lowest BCUT2D eigenvalue weighted by Gasteiger charge is -1.89. The number of hydrogen-bond acceptors (Lipinski definition) is 3. The molecule has 4 radical (unpaired) electrons. The number of hydrogen-bond donors (Lipinski definition) is 2. The van der Waals surface area contributed by atoms with Gasteiger partial charge < -0.3 is 11.1 Å². The summed E-state index contributed by atoms with van der Waals surface area (Å²) >= 11 is 4.64. The maximum atomic E-state index is 9.85. The molecule has 72 valence electrons. The molecule has 0 heterocycles. The van der Waals surface area contributed by atoms with Gasteiger partial charge in [-0.05, 0) is 24.5 Å². The Balaban J connectivity index is -0.000000125. The van der Waals surface area contributed by atoms with Crippen LogP contribution in [-0.4, -0.2) is 39.7 Å². The predicted molar refractivity (Wildman–Crippen MR) is 55.8 cm³/mol. The number of nitrogens with two attached hydrogens (primary N) is 1. The zero-order chi connectivity index (χ0) is 11.3. The van der Waals surface area contributed by atoms with Crippen molar-refractivity contribution in [2.45, 2.75) is 13.8 Å². The second-order valence-electron chi connectivity index (χ2n) is 1.64. The van der Waals surface area contributed by atoms with E-state index in [1.807, 2.05) is 0 Å². The number of amides is 1. The lowest BCUT2D eigenvalue weighted by molar-refractivity contribution is -0.118. The largest absolute Gasteiger partial charge is 0.365 e. The van der Waals surface area contributed by atoms with Crippen LogP contribution in [0.15, 0.2) is 0 Å². The highest BCUT2D eigenvalue weighted by atomic mass is 35.5. The summed E-state index contributed by atoms with van der Waals surface area (Å²) < 4.78 is 0. The Kier molecular flexibility index (Phi) is 24.8. The molecule has 0 fully saturated rings. The molecule has 0 aliphatic rings. The smallest absolute Gasteiger partial charge is 0.218 e. The molecule has 0 saturated carbocycles. The molecule has 0 aromatic rings. The van der Waals surface area contributed by atoms with Gasteiger partial charge in [0.05, 0.1) is 15.7 Å². The fourth-order valence-corrected chi connectivity index (χ4v) is 0.144. The monoisotopic (exact) mass is 202 g/mol. The normalized spacial score (nSPS) is 6.77. The summed E-state index contributed by atoms with van der Waals surface area (Å²) in [7, 11) is 9.52. The molecule has 0 rings (SSSR count). The number of halogens is 1. The van der Waals surface area contributed by atoms with Crippen molar-refractivity contribution in [2.75, 3.05) is 12.9 Å². The van der Waals surface area contributed by atoms with E-state index in [0.717, 1.165) is 0 Å². The van der Waals surface area contributed by atoms with Crippen LogP contribution in [0.25, 0.3) is 0 Å². The first-order valence-corrected chi connectivity index (χ1v) is 3.80. The van der Waals surface area contributed by atoms with Crippen molar-refractivity contribution in [3.05, 3.63) is 0 Å². The summed E-state index contributed by atoms with van der Waals surface area (Å²) in [4.78, 5) is 19.1. The summed E-state index contributed by atoms with van der Waals surface area (Å²) in [6.45, 7) is 2.72. The lowest BCUT2D eigenvalue weighted by Crippen LogP contribution is -2.20. The van der Waals surface area contributed by atoms with Gasteiger partial charge in [-0.3, -0.25) is 9.59 Å². The average molecular weight is 202 g/mol. The molecule has 4 nitrogen and oxygen atoms in total. The van der Waals surface area contributed by atoms with Gasteiger partial charge in [0.25, 0.3) is 0 Å². The van der Waals surface area contributed by atoms with Crippen LogP contribution in [-0.2, 0) is 9.59 Å². The van der Waals surface area contributed by atoms with E-state index < -0.39 is 0 Å². The second kappa shape index (κ2) is 17.6. The molecular weight excluding hydrogens is 189 g/mol. The number of rotatable bonds is 1. The number of carbonyl (C=O) groups excluding carboxylic acids is 2. The summed E-state index contributed by atoms with van der Waals surface area (Å²) in [6.07, 6.45) is 0.481. The molecule has 0 atom stereocenters. The van der Waals surface area contributed by atoms with Crippen LogP contribution in [0.5, 0.6) is 0 Å². The van der Waals surface area contributed by atoms with Crippen LogP contribution in [0.4, 0.5) is 0 Å². The minimum absolute atomic E-state index is 0.0856. The second-order valence-corrected chi connectivity index (χ2v) is 2.18. The van der Waals surface area contributed by atoms with Gasteiger partial charge in [0.1, 0.15) is 0 Å². The third-order valence-electron chi connectivity index (χ3n) is 0.351. The van der Waals surface area contributed by atoms with E-state index in [4.69, 9.17) is 7.85 Å². The van der Waals surface area contributed by atoms with Gasteiger partial charge in [0.2, 0.25) is 11.1 Å². The fraction of sp³-hybridized carbons (Fsp3) is 0.667. The molecule has 7 heteroatoms. The van der Waals surface area contributed by atoms with E-state index in [0.29, 0.717) is 0 Å². The lowest BCUT2D eigenvalue weighted by atomic mass is 10.2. The van der Waals surface area contributed by atoms with Gasteiger partial charge >= 0.3 is 0 Å². The van der Waals surface area contributed by atoms with Crippen molar-refractivity contribution >= 4 is 38.4 Å². The van der Waals surface area contributed by atoms with Gasteiger partial charge in [0, 0.05) is 13.8 Å². The quantitative estimate of drug-likeness (QED) is 0.427. The van der Waals surface area contributed by atoms with E-state index in [9.17, 15) is 9.59 Å². The van der Waals surface area contributed by atoms with Crippen molar-refractivity contribution in [3.8, 4) is 0 Å². The zero-order valence-electron chi connectivity index (χ0n) is 7.84. The van der Waals surface area contributed by atoms with Crippen LogP contribution in [0.3, 0.4) is 0 Å². The molecule has 0 aromatic heterocycles. The van der Waals surface area contributed by atoms with Crippen molar-refractivity contribution in [1.29, 1.82) is 0 Å². The Morgan fingerprint density at radius 2 is 1.62 bits per heavy atom. The van der Waals surface area contributed by atoms with E-state index in [1.165, 1.54) is 13.8 Å². The molecule has 13 heavy (non-hydrogen) atoms. The molecule has 0 unspecified atom stereocenters. The molecule has 0 spiro atoms. The van der Waals surface area contributed by atoms with Gasteiger partial charge in [-0.1, -0.05) is 0 Å². The van der Waals surface area contributed by atoms with Gasteiger partial charge in [-0.2, -0.15) is 0 Å². The van der Waals surface area contributed by atoms with E-state index in [1.54, 1.807) is 0 Å². The van der Waals surface area contributed by atoms with Crippen LogP contribution in [0.1, 0.15) is 13.8 Å². The third-order valence-corrected chi connectivity index (χ3v) is 0.351. The third kappa shape index (κ3) is 164. The topological polar surface area (TPSA) is 72.2 Å². The van der Waals surface area contributed by atoms with Crippen LogP contribution in [0.2, 0.25) is 0 Å². The minimum Gasteiger partial charge on any atom is -0.365 e. The first kappa shape index (κ1) is 18.3. The van der Waals surface area contributed by atoms with E-state index in [2.05, 4.69) is 30.5 Å². The number of carbonyl (C=O) groups is 2. The zero-order valence-corrected chi connectivity index (χ0v) is 8.60. The summed E-state index contributed by atoms with van der Waals surface area (Å²) in [5.41, 5.74) is 4.62. The van der Waals surface area contributed by atoms with Gasteiger partial charge in [-0.25, -0.2) is 0 Å². The summed E-state index contributed by atoms with van der Waals surface area (Å²) in [6, 6.07) is 0. The summed E-state index contributed by atoms with van der Waals surface area (Å²) in [5, 5.41) is 1.99. The Hall–Kier alpha value is -0.480. The van der Waals surface area contributed by atoms with Crippen molar-refractivity contribution in [1.82, 2.24) is 5.32 Å². The molecule has 1 amide bonds. The maximum absolute atomic E-state index is 9.85. The Morgan fingerprint density at radius 3 is 1.62 bits per heavy atom. The van der Waals surface area contributed by atoms with Gasteiger partial charge in [0.15, 0.2) is 0 Å². The Bertz CT molecular complexity index is 132. The maximum Gasteiger partial charge on any atom is 0.218 e. The molecule has 3 N–H and O–H groups in total. The predicted octanol–water partition coefficient (Wildman–Crippen LogP) is -0.909. The highest BCUT2D eigenvalue weighted by Crippen LogP contribution is 1.67. The molecule has 0 aromatic carbocycles. The van der Waals surface area contributed by atoms with Crippen molar-refractivity contribution < 1.29 is 9.59 Å². The highest BCUT2D eigenvalue weighted by molar-refractivity contribution is 6.62. The summed E-state index contributed by atoms with van der Waals surface area (Å²) in [5.74, 6) is -0.0856. The standard InChI is InChI=1S/C3H6BNO.C2H3ClO.CH4BN/c1-3(6)5-2-4;1-2(3)4;2-1-3/h2H2,1H3,(H,5,6);1H3;1,3H2. The van der Waals surface area contributed by atoms with Gasteiger partial charge in [-0.15, -0.1) is 0 Å². The molecule has 0 aliphatic carbocycles. The molecule has 0 saturated heterocycles. The Morgan fingerprint density at radius 1 is 1.38 bits per heavy atom. The minimum atomic E-state index is -0.361. The average Bonchev–Trinajstić information content (AvgIpc) is 1.86. The first-order valence-electron chi connectivity index (χ1n) is 3.43. The van der Waals surface area contributed by atoms with Crippen molar-refractivity contribution in [2.24, 2.45) is 5.73 Å². The van der Waals surface area contributed by atoms with E-state index >= 15 is 0 Å². The number of nitrogens with one attached hydrogen (secondary N) is 1. The first-order chi connectivity index (χ1) is 5.92. The molecule has 0 aliphatic heterocycles. The van der Waals surface area contributed by atoms with E-state index in [-0.39, 0.29) is 24.0 Å². The fourth-order valence-electron chi connectivity index (χ4n) is 0.144. The Labute approximate surface area is 86.4 Å². The highest BCUT2D eigenvalue weighted by Gasteiger charge is 1.78. The SMILES string of the molecule is CC(=O)Cl.[B]CN.[B]CNC(C)=O.